The number of hydrogen-bond acceptors (Lipinski definition) is 11. The number of ether oxygens (including phenoxy) is 2. The van der Waals surface area contributed by atoms with E-state index in [1.54, 1.807) is 10.8 Å². The summed E-state index contributed by atoms with van der Waals surface area (Å²) in [5.74, 6) is 3.58. The molecule has 342 valence electrons. The summed E-state index contributed by atoms with van der Waals surface area (Å²) in [6.07, 6.45) is 23.2. The van der Waals surface area contributed by atoms with Gasteiger partial charge < -0.3 is 25.2 Å². The Bertz CT molecular complexity index is 3170. The summed E-state index contributed by atoms with van der Waals surface area (Å²) in [7, 11) is 1.83. The molecule has 15 nitrogen and oxygen atoms in total. The number of nitrogens with one attached hydrogen (secondary N) is 2. The van der Waals surface area contributed by atoms with Crippen molar-refractivity contribution in [2.75, 3.05) is 23.8 Å². The maximum atomic E-state index is 15.3. The molecule has 10 aliphatic carbocycles. The summed E-state index contributed by atoms with van der Waals surface area (Å²) in [4.78, 5) is 49.4. The quantitative estimate of drug-likeness (QED) is 0.175. The first-order valence-corrected chi connectivity index (χ1v) is 25.3. The van der Waals surface area contributed by atoms with Crippen molar-refractivity contribution in [3.05, 3.63) is 79.1 Å². The highest BCUT2D eigenvalue weighted by molar-refractivity contribution is 6.32. The molecule has 3 N–H and O–H groups in total. The number of aliphatic hydroxyl groups excluding tert-OH is 1. The number of hydrogen-bond donors (Lipinski definition) is 3. The molecule has 12 atom stereocenters. The van der Waals surface area contributed by atoms with Crippen molar-refractivity contribution in [3.8, 4) is 0 Å². The van der Waals surface area contributed by atoms with Crippen molar-refractivity contribution < 1.29 is 14.6 Å². The molecule has 66 heavy (non-hydrogen) atoms. The first-order valence-electron chi connectivity index (χ1n) is 24.5. The molecule has 2 spiro atoms. The molecule has 0 aromatic carbocycles. The Morgan fingerprint density at radius 2 is 1.33 bits per heavy atom. The third-order valence-electron chi connectivity index (χ3n) is 21.0. The number of halogens is 2. The van der Waals surface area contributed by atoms with Gasteiger partial charge in [-0.2, -0.15) is 9.97 Å². The van der Waals surface area contributed by atoms with Gasteiger partial charge in [0, 0.05) is 38.6 Å². The van der Waals surface area contributed by atoms with E-state index in [0.29, 0.717) is 76.7 Å². The molecule has 2 saturated heterocycles. The second kappa shape index (κ2) is 12.3. The molecule has 12 unspecified atom stereocenters. The number of nitrogens with zero attached hydrogens (tertiary/aromatic N) is 8. The summed E-state index contributed by atoms with van der Waals surface area (Å²) in [6, 6.07) is 0. The van der Waals surface area contributed by atoms with Gasteiger partial charge in [0.15, 0.2) is 11.3 Å². The van der Waals surface area contributed by atoms with Crippen LogP contribution in [0.2, 0.25) is 0 Å². The molecule has 8 saturated carbocycles. The Labute approximate surface area is 389 Å². The van der Waals surface area contributed by atoms with Crippen LogP contribution in [0.4, 0.5) is 11.9 Å². The fourth-order valence-corrected chi connectivity index (χ4v) is 19.0. The topological polar surface area (TPSA) is 168 Å². The zero-order valence-corrected chi connectivity index (χ0v) is 38.3. The van der Waals surface area contributed by atoms with Crippen LogP contribution in [-0.4, -0.2) is 74.8 Å². The van der Waals surface area contributed by atoms with E-state index in [0.717, 1.165) is 99.5 Å². The minimum atomic E-state index is -0.366. The third kappa shape index (κ3) is 4.38. The Morgan fingerprint density at radius 3 is 1.98 bits per heavy atom. The van der Waals surface area contributed by atoms with Crippen molar-refractivity contribution in [3.63, 3.8) is 0 Å². The predicted octanol–water partition coefficient (Wildman–Crippen LogP) is 6.21. The van der Waals surface area contributed by atoms with Gasteiger partial charge in [-0.05, 0) is 135 Å². The number of allylic oxidation sites excluding steroid dienone is 2. The van der Waals surface area contributed by atoms with Crippen LogP contribution in [0, 0.1) is 57.7 Å². The normalized spacial score (nSPS) is 44.4. The molecule has 4 aromatic heterocycles. The van der Waals surface area contributed by atoms with Gasteiger partial charge in [-0.1, -0.05) is 35.4 Å². The highest BCUT2D eigenvalue weighted by Gasteiger charge is 2.84. The Hall–Kier alpha value is -4.28. The van der Waals surface area contributed by atoms with E-state index in [9.17, 15) is 9.90 Å². The molecular weight excluding hydrogens is 880 g/mol. The average molecular weight is 932 g/mol. The molecule has 0 amide bonds. The molecule has 0 radical (unpaired) electrons. The molecule has 12 aliphatic rings. The van der Waals surface area contributed by atoms with E-state index in [2.05, 4.69) is 32.3 Å². The molecule has 16 rings (SSSR count). The number of anilines is 2. The summed E-state index contributed by atoms with van der Waals surface area (Å²) < 4.78 is 19.5. The second-order valence-electron chi connectivity index (χ2n) is 23.0. The summed E-state index contributed by atoms with van der Waals surface area (Å²) in [5.41, 5.74) is 4.09. The van der Waals surface area contributed by atoms with E-state index in [-0.39, 0.29) is 74.8 Å². The van der Waals surface area contributed by atoms with Crippen LogP contribution >= 0.6 is 23.2 Å². The van der Waals surface area contributed by atoms with Crippen LogP contribution in [0.5, 0.6) is 0 Å². The second-order valence-corrected chi connectivity index (χ2v) is 23.8. The first kappa shape index (κ1) is 38.7. The fourth-order valence-electron chi connectivity index (χ4n) is 18.5. The number of aliphatic hydroxyl groups is 1. The number of imidazole rings is 2. The largest absolute Gasteiger partial charge is 0.393 e. The lowest BCUT2D eigenvalue weighted by atomic mass is 9.29. The lowest BCUT2D eigenvalue weighted by Crippen LogP contribution is -2.68. The molecule has 6 heterocycles. The van der Waals surface area contributed by atoms with Crippen LogP contribution in [0.25, 0.3) is 22.3 Å². The summed E-state index contributed by atoms with van der Waals surface area (Å²) >= 11 is 13.5. The van der Waals surface area contributed by atoms with E-state index < -0.39 is 0 Å². The number of aromatic nitrogens is 8. The standard InChI is InChI=1S/C49H52Cl2N10O5/c1-58-34-19-52-41(54-32-8-23-2-6-65-36(23)11-30(32)50)56-39(34)60(43(58)63)46-16-26-13-45(14-27(17-46)49(26,45)22-46)4-5-59-35-20-53-42(55-33-9-24-3-7-66-37(24)12-31(33)51)57-40(35)61(44(59)64)47-15-25-10-28-38(62)29(18-47)48(25,28)21-47/h8-9,11-12,19-20,23-29,36-38,62H,2-7,10,13-18,21-22H2,1H3,(H,52,54,56)(H,53,55,57). The lowest BCUT2D eigenvalue weighted by molar-refractivity contribution is -0.266. The van der Waals surface area contributed by atoms with Crippen LogP contribution in [-0.2, 0) is 34.1 Å². The number of rotatable bonds is 9. The first-order chi connectivity index (χ1) is 31.9. The summed E-state index contributed by atoms with van der Waals surface area (Å²) in [6.45, 7) is 2.00. The number of fused-ring (bicyclic) bond motifs is 6. The molecule has 10 fully saturated rings. The van der Waals surface area contributed by atoms with Gasteiger partial charge in [-0.25, -0.2) is 19.6 Å². The molecule has 2 aliphatic heterocycles. The van der Waals surface area contributed by atoms with E-state index in [1.807, 2.05) is 34.5 Å². The minimum absolute atomic E-state index is 0.000179. The van der Waals surface area contributed by atoms with Crippen LogP contribution in [0.1, 0.15) is 77.0 Å². The predicted molar refractivity (Wildman–Crippen MR) is 244 cm³/mol. The molecule has 17 heteroatoms. The van der Waals surface area contributed by atoms with Crippen molar-refractivity contribution in [2.45, 2.75) is 113 Å². The zero-order chi connectivity index (χ0) is 44.0. The van der Waals surface area contributed by atoms with Gasteiger partial charge >= 0.3 is 11.4 Å². The molecular formula is C49H52Cl2N10O5. The monoisotopic (exact) mass is 930 g/mol. The highest BCUT2D eigenvalue weighted by Crippen LogP contribution is 2.90. The van der Waals surface area contributed by atoms with Crippen LogP contribution in [0.15, 0.2) is 67.7 Å². The average Bonchev–Trinajstić information content (AvgIpc) is 4.17. The van der Waals surface area contributed by atoms with Gasteiger partial charge in [-0.3, -0.25) is 18.3 Å². The van der Waals surface area contributed by atoms with Crippen molar-refractivity contribution in [2.24, 2.45) is 64.7 Å². The van der Waals surface area contributed by atoms with E-state index in [4.69, 9.17) is 47.6 Å². The highest BCUT2D eigenvalue weighted by atomic mass is 35.5. The van der Waals surface area contributed by atoms with Crippen molar-refractivity contribution in [1.82, 2.24) is 38.2 Å². The Balaban J connectivity index is 0.723. The van der Waals surface area contributed by atoms with Crippen LogP contribution in [0.3, 0.4) is 0 Å². The van der Waals surface area contributed by atoms with Crippen molar-refractivity contribution >= 4 is 57.4 Å². The third-order valence-corrected chi connectivity index (χ3v) is 21.6. The lowest BCUT2D eigenvalue weighted by Gasteiger charge is -2.75. The van der Waals surface area contributed by atoms with E-state index in [1.165, 1.54) is 0 Å². The van der Waals surface area contributed by atoms with Gasteiger partial charge in [-0.15, -0.1) is 0 Å². The SMILES string of the molecule is Cn1c(=O)n(C23CC4CC5(CCn6c(=O)n(C78CC9CC%10C(O)C(C7)C9%10C8)c7nc(NC8=CC9CCOC9C=C8Cl)ncc76)CC(C2)C45C3)c2nc(NC3=CC4CCOC4C=C3Cl)ncc21. The van der Waals surface area contributed by atoms with Gasteiger partial charge in [0.1, 0.15) is 11.0 Å². The Morgan fingerprint density at radius 1 is 0.742 bits per heavy atom. The zero-order valence-electron chi connectivity index (χ0n) is 36.8. The van der Waals surface area contributed by atoms with Crippen LogP contribution < -0.4 is 22.0 Å². The fraction of sp³-hybridized carbons (Fsp3) is 0.633. The number of aryl methyl sites for hydroxylation is 2. The maximum absolute atomic E-state index is 15.3. The smallest absolute Gasteiger partial charge is 0.330 e. The molecule has 4 aromatic rings. The van der Waals surface area contributed by atoms with Gasteiger partial charge in [0.25, 0.3) is 0 Å². The van der Waals surface area contributed by atoms with Crippen molar-refractivity contribution in [1.29, 1.82) is 0 Å². The van der Waals surface area contributed by atoms with Gasteiger partial charge in [0.2, 0.25) is 11.9 Å². The summed E-state index contributed by atoms with van der Waals surface area (Å²) in [5, 5.41) is 19.2. The minimum Gasteiger partial charge on any atom is -0.393 e. The molecule has 4 bridgehead atoms. The van der Waals surface area contributed by atoms with Gasteiger partial charge in [0.05, 0.1) is 63.2 Å². The Kier molecular flexibility index (Phi) is 7.20. The van der Waals surface area contributed by atoms with E-state index >= 15 is 4.79 Å². The maximum Gasteiger partial charge on any atom is 0.330 e.